The van der Waals surface area contributed by atoms with Crippen LogP contribution in [0.15, 0.2) is 0 Å². The zero-order chi connectivity index (χ0) is 12.2. The molecule has 0 aromatic carbocycles. The Kier molecular flexibility index (Phi) is 2.94. The van der Waals surface area contributed by atoms with Gasteiger partial charge in [0.15, 0.2) is 0 Å². The molecule has 2 aliphatic carbocycles. The number of fused-ring (bicyclic) bond motifs is 1. The summed E-state index contributed by atoms with van der Waals surface area (Å²) in [6.45, 7) is 0.959. The van der Waals surface area contributed by atoms with Crippen LogP contribution in [0.4, 0.5) is 0 Å². The zero-order valence-electron chi connectivity index (χ0n) is 11.1. The number of thioether (sulfide) groups is 1. The zero-order valence-corrected chi connectivity index (χ0v) is 12.0. The highest BCUT2D eigenvalue weighted by Crippen LogP contribution is 2.60. The van der Waals surface area contributed by atoms with Crippen molar-refractivity contribution in [2.75, 3.05) is 18.1 Å². The van der Waals surface area contributed by atoms with Crippen molar-refractivity contribution in [3.63, 3.8) is 0 Å². The van der Waals surface area contributed by atoms with E-state index in [1.807, 2.05) is 0 Å². The van der Waals surface area contributed by atoms with Crippen LogP contribution in [0.1, 0.15) is 38.5 Å². The van der Waals surface area contributed by atoms with Gasteiger partial charge in [-0.15, -0.1) is 0 Å². The maximum Gasteiger partial charge on any atom is 0.0783 e. The summed E-state index contributed by atoms with van der Waals surface area (Å²) in [4.78, 5) is 0. The molecule has 2 saturated heterocycles. The fraction of sp³-hybridized carbons (Fsp3) is 1.00. The molecule has 2 saturated carbocycles. The topological polar surface area (TPSA) is 35.2 Å². The van der Waals surface area contributed by atoms with E-state index < -0.39 is 0 Å². The Hall–Kier alpha value is 0.270. The lowest BCUT2D eigenvalue weighted by Crippen LogP contribution is -2.46. The summed E-state index contributed by atoms with van der Waals surface area (Å²) in [5.74, 6) is 6.15. The largest absolute Gasteiger partial charge is 0.374 e. The van der Waals surface area contributed by atoms with Crippen molar-refractivity contribution in [3.05, 3.63) is 0 Å². The Bertz CT molecular complexity index is 318. The lowest BCUT2D eigenvalue weighted by atomic mass is 9.79. The predicted octanol–water partition coefficient (Wildman–Crippen LogP) is 2.66. The lowest BCUT2D eigenvalue weighted by Gasteiger charge is -2.40. The number of ether oxygens (including phenoxy) is 1. The van der Waals surface area contributed by atoms with Gasteiger partial charge in [0, 0.05) is 18.4 Å². The van der Waals surface area contributed by atoms with E-state index in [1.54, 1.807) is 0 Å². The van der Waals surface area contributed by atoms with Crippen LogP contribution in [0, 0.1) is 23.7 Å². The van der Waals surface area contributed by atoms with Crippen molar-refractivity contribution >= 4 is 11.8 Å². The molecule has 0 radical (unpaired) electrons. The van der Waals surface area contributed by atoms with Gasteiger partial charge in [0.1, 0.15) is 0 Å². The molecule has 5 unspecified atom stereocenters. The molecule has 2 N–H and O–H groups in total. The van der Waals surface area contributed by atoms with Gasteiger partial charge in [0.05, 0.1) is 5.60 Å². The van der Waals surface area contributed by atoms with Crippen LogP contribution in [0.2, 0.25) is 0 Å². The molecule has 1 spiro atoms. The third-order valence-corrected chi connectivity index (χ3v) is 7.28. The second kappa shape index (κ2) is 4.39. The average molecular weight is 267 g/mol. The van der Waals surface area contributed by atoms with Crippen molar-refractivity contribution < 1.29 is 4.74 Å². The molecule has 0 amide bonds. The molecule has 4 aliphatic rings. The van der Waals surface area contributed by atoms with Crippen molar-refractivity contribution in [2.24, 2.45) is 29.4 Å². The van der Waals surface area contributed by atoms with Crippen molar-refractivity contribution in [2.45, 2.75) is 50.2 Å². The molecule has 4 rings (SSSR count). The number of nitrogens with two attached hydrogens (primary N) is 1. The quantitative estimate of drug-likeness (QED) is 0.835. The van der Waals surface area contributed by atoms with Crippen LogP contribution in [-0.4, -0.2) is 29.8 Å². The summed E-state index contributed by atoms with van der Waals surface area (Å²) in [7, 11) is 0. The van der Waals surface area contributed by atoms with Gasteiger partial charge in [-0.1, -0.05) is 6.42 Å². The molecule has 5 atom stereocenters. The summed E-state index contributed by atoms with van der Waals surface area (Å²) < 4.78 is 6.12. The Labute approximate surface area is 114 Å². The molecule has 0 aromatic rings. The van der Waals surface area contributed by atoms with Crippen LogP contribution in [0.3, 0.4) is 0 Å². The van der Waals surface area contributed by atoms with E-state index in [1.165, 1.54) is 50.0 Å². The first kappa shape index (κ1) is 12.0. The van der Waals surface area contributed by atoms with Gasteiger partial charge in [-0.05, 0) is 61.5 Å². The van der Waals surface area contributed by atoms with Gasteiger partial charge in [0.25, 0.3) is 0 Å². The molecule has 102 valence electrons. The van der Waals surface area contributed by atoms with Gasteiger partial charge in [0.2, 0.25) is 0 Å². The smallest absolute Gasteiger partial charge is 0.0783 e. The van der Waals surface area contributed by atoms with E-state index in [9.17, 15) is 0 Å². The maximum atomic E-state index is 6.63. The molecule has 4 fully saturated rings. The molecule has 2 nitrogen and oxygen atoms in total. The molecular formula is C15H25NOS. The fourth-order valence-corrected chi connectivity index (χ4v) is 6.40. The van der Waals surface area contributed by atoms with Gasteiger partial charge >= 0.3 is 0 Å². The summed E-state index contributed by atoms with van der Waals surface area (Å²) in [5, 5.41) is 0. The predicted molar refractivity (Wildman–Crippen MR) is 75.6 cm³/mol. The highest BCUT2D eigenvalue weighted by atomic mass is 32.2. The SMILES string of the molecule is NC(C1CCOC2(CCSC2)C1)C1C2CCCC21. The highest BCUT2D eigenvalue weighted by Gasteiger charge is 2.57. The third-order valence-electron chi connectivity index (χ3n) is 6.06. The van der Waals surface area contributed by atoms with E-state index >= 15 is 0 Å². The van der Waals surface area contributed by atoms with Gasteiger partial charge < -0.3 is 10.5 Å². The molecule has 0 aromatic heterocycles. The summed E-state index contributed by atoms with van der Waals surface area (Å²) in [5.41, 5.74) is 6.85. The molecule has 2 heterocycles. The van der Waals surface area contributed by atoms with Crippen molar-refractivity contribution in [1.29, 1.82) is 0 Å². The van der Waals surface area contributed by atoms with Gasteiger partial charge in [-0.2, -0.15) is 11.8 Å². The number of hydrogen-bond acceptors (Lipinski definition) is 3. The summed E-state index contributed by atoms with van der Waals surface area (Å²) in [6.07, 6.45) is 8.12. The van der Waals surface area contributed by atoms with Crippen molar-refractivity contribution in [1.82, 2.24) is 0 Å². The minimum absolute atomic E-state index is 0.217. The van der Waals surface area contributed by atoms with Crippen LogP contribution in [0.5, 0.6) is 0 Å². The average Bonchev–Trinajstić information content (AvgIpc) is 2.78. The second-order valence-corrected chi connectivity index (χ2v) is 8.11. The maximum absolute atomic E-state index is 6.63. The van der Waals surface area contributed by atoms with Crippen LogP contribution < -0.4 is 5.73 Å². The molecule has 2 aliphatic heterocycles. The monoisotopic (exact) mass is 267 g/mol. The minimum Gasteiger partial charge on any atom is -0.374 e. The number of rotatable bonds is 2. The van der Waals surface area contributed by atoms with Gasteiger partial charge in [-0.25, -0.2) is 0 Å². The van der Waals surface area contributed by atoms with E-state index in [0.29, 0.717) is 6.04 Å². The van der Waals surface area contributed by atoms with Crippen LogP contribution in [-0.2, 0) is 4.74 Å². The Morgan fingerprint density at radius 1 is 1.22 bits per heavy atom. The first-order valence-electron chi connectivity index (χ1n) is 7.76. The number of hydrogen-bond donors (Lipinski definition) is 1. The van der Waals surface area contributed by atoms with E-state index in [-0.39, 0.29) is 5.60 Å². The van der Waals surface area contributed by atoms with Crippen LogP contribution in [0.25, 0.3) is 0 Å². The molecular weight excluding hydrogens is 242 g/mol. The van der Waals surface area contributed by atoms with E-state index in [0.717, 1.165) is 30.3 Å². The van der Waals surface area contributed by atoms with Crippen molar-refractivity contribution in [3.8, 4) is 0 Å². The Morgan fingerprint density at radius 3 is 2.78 bits per heavy atom. The molecule has 0 bridgehead atoms. The normalized spacial score (nSPS) is 52.5. The first-order chi connectivity index (χ1) is 8.79. The summed E-state index contributed by atoms with van der Waals surface area (Å²) >= 11 is 2.07. The fourth-order valence-electron chi connectivity index (χ4n) is 5.02. The third kappa shape index (κ3) is 1.85. The Balaban J connectivity index is 1.42. The van der Waals surface area contributed by atoms with E-state index in [4.69, 9.17) is 10.5 Å². The van der Waals surface area contributed by atoms with Gasteiger partial charge in [-0.3, -0.25) is 0 Å². The minimum atomic E-state index is 0.217. The highest BCUT2D eigenvalue weighted by molar-refractivity contribution is 7.99. The second-order valence-electron chi connectivity index (χ2n) is 7.00. The van der Waals surface area contributed by atoms with Crippen LogP contribution >= 0.6 is 11.8 Å². The Morgan fingerprint density at radius 2 is 2.06 bits per heavy atom. The standard InChI is InChI=1S/C15H25NOS/c16-14(13-11-2-1-3-12(11)13)10-4-6-17-15(8-10)5-7-18-9-15/h10-14H,1-9,16H2. The summed E-state index contributed by atoms with van der Waals surface area (Å²) in [6, 6.07) is 0.478. The molecule has 18 heavy (non-hydrogen) atoms. The first-order valence-corrected chi connectivity index (χ1v) is 8.92. The van der Waals surface area contributed by atoms with E-state index in [2.05, 4.69) is 11.8 Å². The lowest BCUT2D eigenvalue weighted by molar-refractivity contribution is -0.0847. The molecule has 3 heteroatoms.